The molecule has 2 rings (SSSR count). The van der Waals surface area contributed by atoms with Gasteiger partial charge in [0, 0.05) is 0 Å². The normalized spacial score (nSPS) is 21.5. The smallest absolute Gasteiger partial charge is 0.335 e. The first-order valence-corrected chi connectivity index (χ1v) is 7.26. The average molecular weight is 288 g/mol. The topological polar surface area (TPSA) is 63.6 Å². The number of ether oxygens (including phenoxy) is 1. The Kier molecular flexibility index (Phi) is 5.14. The Labute approximate surface area is 124 Å². The van der Waals surface area contributed by atoms with E-state index < -0.39 is 5.97 Å². The molecule has 4 nitrogen and oxygen atoms in total. The van der Waals surface area contributed by atoms with E-state index in [1.807, 2.05) is 6.08 Å². The van der Waals surface area contributed by atoms with Crippen LogP contribution in [0, 0.1) is 11.8 Å². The van der Waals surface area contributed by atoms with Crippen molar-refractivity contribution >= 4 is 11.9 Å². The minimum absolute atomic E-state index is 0.0507. The largest absolute Gasteiger partial charge is 0.478 e. The Morgan fingerprint density at radius 2 is 1.81 bits per heavy atom. The number of carboxylic acids is 1. The standard InChI is InChI=1S/C17H20O4/c1-2-3-12-4-6-14(7-5-12)17(20)21-15-10-8-13(9-11-15)16(18)19/h2,8-12,14H,1,3-7H2,(H,18,19). The molecule has 1 aromatic carbocycles. The van der Waals surface area contributed by atoms with Crippen LogP contribution in [0.15, 0.2) is 36.9 Å². The summed E-state index contributed by atoms with van der Waals surface area (Å²) in [5.41, 5.74) is 0.180. The summed E-state index contributed by atoms with van der Waals surface area (Å²) in [4.78, 5) is 22.8. The zero-order valence-electron chi connectivity index (χ0n) is 12.0. The number of allylic oxidation sites excluding steroid dienone is 1. The molecule has 0 atom stereocenters. The summed E-state index contributed by atoms with van der Waals surface area (Å²) >= 11 is 0. The maximum Gasteiger partial charge on any atom is 0.335 e. The number of hydrogen-bond acceptors (Lipinski definition) is 3. The van der Waals surface area contributed by atoms with Crippen molar-refractivity contribution in [2.45, 2.75) is 32.1 Å². The van der Waals surface area contributed by atoms with Crippen molar-refractivity contribution in [3.05, 3.63) is 42.5 Å². The highest BCUT2D eigenvalue weighted by Gasteiger charge is 2.27. The van der Waals surface area contributed by atoms with Gasteiger partial charge in [-0.25, -0.2) is 4.79 Å². The Balaban J connectivity index is 1.87. The highest BCUT2D eigenvalue weighted by molar-refractivity contribution is 5.87. The highest BCUT2D eigenvalue weighted by atomic mass is 16.5. The lowest BCUT2D eigenvalue weighted by atomic mass is 9.80. The minimum Gasteiger partial charge on any atom is -0.478 e. The molecule has 1 aromatic rings. The molecule has 0 spiro atoms. The van der Waals surface area contributed by atoms with Crippen molar-refractivity contribution in [1.82, 2.24) is 0 Å². The second-order valence-corrected chi connectivity index (χ2v) is 5.49. The van der Waals surface area contributed by atoms with Crippen molar-refractivity contribution in [1.29, 1.82) is 0 Å². The van der Waals surface area contributed by atoms with Gasteiger partial charge >= 0.3 is 11.9 Å². The Hall–Kier alpha value is -2.10. The second kappa shape index (κ2) is 7.07. The van der Waals surface area contributed by atoms with E-state index in [0.717, 1.165) is 32.1 Å². The van der Waals surface area contributed by atoms with Gasteiger partial charge in [0.2, 0.25) is 0 Å². The van der Waals surface area contributed by atoms with Gasteiger partial charge in [-0.15, -0.1) is 6.58 Å². The Morgan fingerprint density at radius 1 is 1.19 bits per heavy atom. The van der Waals surface area contributed by atoms with E-state index in [0.29, 0.717) is 11.7 Å². The van der Waals surface area contributed by atoms with Gasteiger partial charge in [-0.3, -0.25) is 4.79 Å². The van der Waals surface area contributed by atoms with Gasteiger partial charge in [0.25, 0.3) is 0 Å². The summed E-state index contributed by atoms with van der Waals surface area (Å²) in [6, 6.07) is 5.91. The van der Waals surface area contributed by atoms with Crippen LogP contribution in [0.1, 0.15) is 42.5 Å². The third-order valence-corrected chi connectivity index (χ3v) is 4.00. The van der Waals surface area contributed by atoms with Gasteiger partial charge in [-0.1, -0.05) is 6.08 Å². The molecular weight excluding hydrogens is 268 g/mol. The van der Waals surface area contributed by atoms with Crippen molar-refractivity contribution in [2.24, 2.45) is 11.8 Å². The van der Waals surface area contributed by atoms with Crippen molar-refractivity contribution in [3.8, 4) is 5.75 Å². The average Bonchev–Trinajstić information content (AvgIpc) is 2.49. The molecule has 0 saturated heterocycles. The predicted octanol–water partition coefficient (Wildman–Crippen LogP) is 3.67. The monoisotopic (exact) mass is 288 g/mol. The first-order valence-electron chi connectivity index (χ1n) is 7.26. The van der Waals surface area contributed by atoms with E-state index in [1.165, 1.54) is 24.3 Å². The molecule has 0 unspecified atom stereocenters. The molecule has 1 aliphatic rings. The van der Waals surface area contributed by atoms with E-state index in [-0.39, 0.29) is 17.5 Å². The van der Waals surface area contributed by atoms with Crippen LogP contribution in [0.25, 0.3) is 0 Å². The molecule has 0 amide bonds. The van der Waals surface area contributed by atoms with Crippen LogP contribution in [0.4, 0.5) is 0 Å². The van der Waals surface area contributed by atoms with E-state index in [1.54, 1.807) is 0 Å². The number of aromatic carboxylic acids is 1. The number of benzene rings is 1. The molecule has 1 aliphatic carbocycles. The number of carboxylic acid groups (broad SMARTS) is 1. The lowest BCUT2D eigenvalue weighted by Crippen LogP contribution is -2.25. The van der Waals surface area contributed by atoms with E-state index >= 15 is 0 Å². The summed E-state index contributed by atoms with van der Waals surface area (Å²) in [5.74, 6) is -0.214. The molecule has 4 heteroatoms. The van der Waals surface area contributed by atoms with Crippen LogP contribution in [-0.2, 0) is 4.79 Å². The summed E-state index contributed by atoms with van der Waals surface area (Å²) in [6.07, 6.45) is 6.72. The van der Waals surface area contributed by atoms with Crippen LogP contribution in [0.2, 0.25) is 0 Å². The van der Waals surface area contributed by atoms with Crippen molar-refractivity contribution in [2.75, 3.05) is 0 Å². The zero-order valence-corrected chi connectivity index (χ0v) is 12.0. The second-order valence-electron chi connectivity index (χ2n) is 5.49. The molecule has 1 N–H and O–H groups in total. The van der Waals surface area contributed by atoms with Crippen LogP contribution < -0.4 is 4.74 Å². The molecule has 0 aromatic heterocycles. The summed E-state index contributed by atoms with van der Waals surface area (Å²) in [6.45, 7) is 3.75. The molecule has 0 aliphatic heterocycles. The molecule has 1 saturated carbocycles. The fourth-order valence-corrected chi connectivity index (χ4v) is 2.73. The third-order valence-electron chi connectivity index (χ3n) is 4.00. The van der Waals surface area contributed by atoms with Crippen LogP contribution in [0.5, 0.6) is 5.75 Å². The van der Waals surface area contributed by atoms with E-state index in [4.69, 9.17) is 9.84 Å². The third kappa shape index (κ3) is 4.18. The van der Waals surface area contributed by atoms with Crippen LogP contribution >= 0.6 is 0 Å². The minimum atomic E-state index is -0.992. The SMILES string of the molecule is C=CCC1CCC(C(=O)Oc2ccc(C(=O)O)cc2)CC1. The highest BCUT2D eigenvalue weighted by Crippen LogP contribution is 2.32. The van der Waals surface area contributed by atoms with Gasteiger partial charge in [-0.2, -0.15) is 0 Å². The molecule has 112 valence electrons. The fraction of sp³-hybridized carbons (Fsp3) is 0.412. The maximum absolute atomic E-state index is 12.1. The van der Waals surface area contributed by atoms with E-state index in [9.17, 15) is 9.59 Å². The van der Waals surface area contributed by atoms with Gasteiger partial charge in [-0.05, 0) is 62.3 Å². The van der Waals surface area contributed by atoms with Gasteiger partial charge < -0.3 is 9.84 Å². The lowest BCUT2D eigenvalue weighted by Gasteiger charge is -2.26. The molecule has 0 bridgehead atoms. The number of rotatable bonds is 5. The number of carbonyl (C=O) groups is 2. The maximum atomic E-state index is 12.1. The summed E-state index contributed by atoms with van der Waals surface area (Å²) < 4.78 is 5.33. The first-order chi connectivity index (χ1) is 10.1. The fourth-order valence-electron chi connectivity index (χ4n) is 2.73. The lowest BCUT2D eigenvalue weighted by molar-refractivity contribution is -0.140. The summed E-state index contributed by atoms with van der Waals surface area (Å²) in [7, 11) is 0. The number of esters is 1. The van der Waals surface area contributed by atoms with Crippen LogP contribution in [0.3, 0.4) is 0 Å². The number of hydrogen-bond donors (Lipinski definition) is 1. The van der Waals surface area contributed by atoms with Gasteiger partial charge in [0.15, 0.2) is 0 Å². The van der Waals surface area contributed by atoms with Crippen molar-refractivity contribution in [3.63, 3.8) is 0 Å². The predicted molar refractivity (Wildman–Crippen MR) is 79.3 cm³/mol. The molecule has 0 heterocycles. The quantitative estimate of drug-likeness (QED) is 0.510. The molecule has 0 radical (unpaired) electrons. The summed E-state index contributed by atoms with van der Waals surface area (Å²) in [5, 5.41) is 8.82. The van der Waals surface area contributed by atoms with Gasteiger partial charge in [0.05, 0.1) is 11.5 Å². The van der Waals surface area contributed by atoms with Crippen LogP contribution in [-0.4, -0.2) is 17.0 Å². The molecule has 1 fully saturated rings. The van der Waals surface area contributed by atoms with E-state index in [2.05, 4.69) is 6.58 Å². The van der Waals surface area contributed by atoms with Crippen molar-refractivity contribution < 1.29 is 19.4 Å². The number of carbonyl (C=O) groups excluding carboxylic acids is 1. The first kappa shape index (κ1) is 15.3. The zero-order chi connectivity index (χ0) is 15.2. The molecular formula is C17H20O4. The molecule has 21 heavy (non-hydrogen) atoms. The Morgan fingerprint density at radius 3 is 2.33 bits per heavy atom. The van der Waals surface area contributed by atoms with Gasteiger partial charge in [0.1, 0.15) is 5.75 Å². The Bertz CT molecular complexity index is 510.